The van der Waals surface area contributed by atoms with Gasteiger partial charge >= 0.3 is 0 Å². The van der Waals surface area contributed by atoms with Crippen LogP contribution in [0.4, 0.5) is 0 Å². The van der Waals surface area contributed by atoms with Gasteiger partial charge in [0, 0.05) is 12.1 Å². The van der Waals surface area contributed by atoms with Gasteiger partial charge in [-0.2, -0.15) is 0 Å². The molecule has 0 aliphatic rings. The van der Waals surface area contributed by atoms with Crippen molar-refractivity contribution >= 4 is 15.9 Å². The van der Waals surface area contributed by atoms with Crippen molar-refractivity contribution in [3.05, 3.63) is 66.7 Å². The fourth-order valence-electron chi connectivity index (χ4n) is 2.14. The van der Waals surface area contributed by atoms with E-state index in [1.807, 2.05) is 0 Å². The molecule has 27 heavy (non-hydrogen) atoms. The Bertz CT molecular complexity index is 862. The third kappa shape index (κ3) is 6.12. The SMILES string of the molecule is C=CCNS(=O)(=O)c1ccc(C(=O)NCCOc2ccc(OC)cc2)cc1. The summed E-state index contributed by atoms with van der Waals surface area (Å²) in [5.41, 5.74) is 0.363. The van der Waals surface area contributed by atoms with Crippen molar-refractivity contribution in [2.24, 2.45) is 0 Å². The highest BCUT2D eigenvalue weighted by Gasteiger charge is 2.13. The number of carbonyl (C=O) groups is 1. The van der Waals surface area contributed by atoms with Crippen LogP contribution in [-0.2, 0) is 10.0 Å². The zero-order valence-corrected chi connectivity index (χ0v) is 15.8. The number of benzene rings is 2. The molecule has 0 saturated heterocycles. The van der Waals surface area contributed by atoms with Gasteiger partial charge in [-0.1, -0.05) is 6.08 Å². The lowest BCUT2D eigenvalue weighted by atomic mass is 10.2. The van der Waals surface area contributed by atoms with Crippen molar-refractivity contribution in [3.63, 3.8) is 0 Å². The highest BCUT2D eigenvalue weighted by molar-refractivity contribution is 7.89. The minimum atomic E-state index is -3.60. The molecule has 0 radical (unpaired) electrons. The highest BCUT2D eigenvalue weighted by atomic mass is 32.2. The van der Waals surface area contributed by atoms with Crippen LogP contribution in [0.1, 0.15) is 10.4 Å². The van der Waals surface area contributed by atoms with E-state index < -0.39 is 10.0 Å². The Balaban J connectivity index is 1.82. The van der Waals surface area contributed by atoms with Gasteiger partial charge in [0.05, 0.1) is 18.6 Å². The summed E-state index contributed by atoms with van der Waals surface area (Å²) in [5, 5.41) is 2.72. The van der Waals surface area contributed by atoms with Crippen molar-refractivity contribution in [1.82, 2.24) is 10.0 Å². The molecule has 0 atom stereocenters. The van der Waals surface area contributed by atoms with Gasteiger partial charge in [-0.15, -0.1) is 6.58 Å². The summed E-state index contributed by atoms with van der Waals surface area (Å²) < 4.78 is 36.9. The molecule has 0 saturated carbocycles. The molecular weight excluding hydrogens is 368 g/mol. The number of nitrogens with one attached hydrogen (secondary N) is 2. The second-order valence-electron chi connectivity index (χ2n) is 5.44. The van der Waals surface area contributed by atoms with Crippen molar-refractivity contribution in [2.45, 2.75) is 4.90 Å². The smallest absolute Gasteiger partial charge is 0.251 e. The summed E-state index contributed by atoms with van der Waals surface area (Å²) in [6, 6.07) is 12.8. The first-order chi connectivity index (χ1) is 13.0. The fraction of sp³-hybridized carbons (Fsp3) is 0.211. The van der Waals surface area contributed by atoms with Crippen molar-refractivity contribution in [3.8, 4) is 11.5 Å². The van der Waals surface area contributed by atoms with Gasteiger partial charge in [-0.25, -0.2) is 13.1 Å². The topological polar surface area (TPSA) is 93.7 Å². The molecule has 2 aromatic carbocycles. The lowest BCUT2D eigenvalue weighted by molar-refractivity contribution is 0.0947. The van der Waals surface area contributed by atoms with E-state index in [1.54, 1.807) is 31.4 Å². The van der Waals surface area contributed by atoms with Gasteiger partial charge in [-0.3, -0.25) is 4.79 Å². The lowest BCUT2D eigenvalue weighted by Gasteiger charge is -2.09. The lowest BCUT2D eigenvalue weighted by Crippen LogP contribution is -2.28. The Morgan fingerprint density at radius 3 is 2.30 bits per heavy atom. The Morgan fingerprint density at radius 1 is 1.07 bits per heavy atom. The van der Waals surface area contributed by atoms with Gasteiger partial charge in [0.2, 0.25) is 10.0 Å². The maximum atomic E-state index is 12.1. The summed E-state index contributed by atoms with van der Waals surface area (Å²) in [5.74, 6) is 1.10. The van der Waals surface area contributed by atoms with E-state index in [0.717, 1.165) is 5.75 Å². The molecule has 0 spiro atoms. The summed E-state index contributed by atoms with van der Waals surface area (Å²) >= 11 is 0. The van der Waals surface area contributed by atoms with Gasteiger partial charge in [0.1, 0.15) is 18.1 Å². The van der Waals surface area contributed by atoms with Crippen molar-refractivity contribution < 1.29 is 22.7 Å². The first kappa shape index (κ1) is 20.5. The van der Waals surface area contributed by atoms with Crippen LogP contribution in [0.25, 0.3) is 0 Å². The Kier molecular flexibility index (Phi) is 7.39. The summed E-state index contributed by atoms with van der Waals surface area (Å²) in [4.78, 5) is 12.2. The van der Waals surface area contributed by atoms with Crippen LogP contribution < -0.4 is 19.5 Å². The van der Waals surface area contributed by atoms with Crippen molar-refractivity contribution in [2.75, 3.05) is 26.8 Å². The van der Waals surface area contributed by atoms with E-state index >= 15 is 0 Å². The summed E-state index contributed by atoms with van der Waals surface area (Å²) in [7, 11) is -2.01. The number of amides is 1. The molecule has 8 heteroatoms. The van der Waals surface area contributed by atoms with Crippen LogP contribution in [-0.4, -0.2) is 41.1 Å². The Labute approximate surface area is 159 Å². The third-order valence-corrected chi connectivity index (χ3v) is 5.00. The van der Waals surface area contributed by atoms with Gasteiger partial charge in [-0.05, 0) is 48.5 Å². The van der Waals surface area contributed by atoms with Crippen LogP contribution in [0, 0.1) is 0 Å². The predicted octanol–water partition coefficient (Wildman–Crippen LogP) is 1.97. The number of hydrogen-bond donors (Lipinski definition) is 2. The highest BCUT2D eigenvalue weighted by Crippen LogP contribution is 2.16. The largest absolute Gasteiger partial charge is 0.497 e. The number of sulfonamides is 1. The van der Waals surface area contributed by atoms with Crippen LogP contribution >= 0.6 is 0 Å². The molecule has 144 valence electrons. The quantitative estimate of drug-likeness (QED) is 0.478. The van der Waals surface area contributed by atoms with Crippen LogP contribution in [0.5, 0.6) is 11.5 Å². The number of carbonyl (C=O) groups excluding carboxylic acids is 1. The molecule has 0 aliphatic heterocycles. The number of hydrogen-bond acceptors (Lipinski definition) is 5. The van der Waals surface area contributed by atoms with E-state index in [0.29, 0.717) is 24.5 Å². The monoisotopic (exact) mass is 390 g/mol. The van der Waals surface area contributed by atoms with Crippen LogP contribution in [0.3, 0.4) is 0 Å². The van der Waals surface area contributed by atoms with Crippen LogP contribution in [0.2, 0.25) is 0 Å². The second kappa shape index (κ2) is 9.75. The van der Waals surface area contributed by atoms with Gasteiger partial charge in [0.15, 0.2) is 0 Å². The second-order valence-corrected chi connectivity index (χ2v) is 7.21. The molecule has 2 N–H and O–H groups in total. The number of rotatable bonds is 10. The number of methoxy groups -OCH3 is 1. The van der Waals surface area contributed by atoms with E-state index in [-0.39, 0.29) is 17.3 Å². The maximum Gasteiger partial charge on any atom is 0.251 e. The molecule has 0 bridgehead atoms. The van der Waals surface area contributed by atoms with E-state index in [2.05, 4.69) is 16.6 Å². The normalized spacial score (nSPS) is 10.9. The molecule has 0 unspecified atom stereocenters. The van der Waals surface area contributed by atoms with Gasteiger partial charge in [0.25, 0.3) is 5.91 Å². The molecule has 0 fully saturated rings. The summed E-state index contributed by atoms with van der Waals surface area (Å²) in [6.45, 7) is 4.21. The fourth-order valence-corrected chi connectivity index (χ4v) is 3.14. The molecule has 0 aromatic heterocycles. The van der Waals surface area contributed by atoms with E-state index in [9.17, 15) is 13.2 Å². The molecule has 0 heterocycles. The third-order valence-electron chi connectivity index (χ3n) is 3.56. The summed E-state index contributed by atoms with van der Waals surface area (Å²) in [6.07, 6.45) is 1.45. The van der Waals surface area contributed by atoms with E-state index in [1.165, 1.54) is 30.3 Å². The maximum absolute atomic E-state index is 12.1. The van der Waals surface area contributed by atoms with Crippen LogP contribution in [0.15, 0.2) is 66.1 Å². The average molecular weight is 390 g/mol. The molecule has 0 aliphatic carbocycles. The molecule has 2 aromatic rings. The first-order valence-corrected chi connectivity index (χ1v) is 9.70. The predicted molar refractivity (Wildman–Crippen MR) is 103 cm³/mol. The number of ether oxygens (including phenoxy) is 2. The molecule has 7 nitrogen and oxygen atoms in total. The Hall–Kier alpha value is -2.84. The minimum Gasteiger partial charge on any atom is -0.497 e. The molecule has 1 amide bonds. The molecular formula is C19H22N2O5S. The standard InChI is InChI=1S/C19H22N2O5S/c1-3-12-21-27(23,24)18-10-4-15(5-11-18)19(22)20-13-14-26-17-8-6-16(25-2)7-9-17/h3-11,21H,1,12-14H2,2H3,(H,20,22). The molecule has 2 rings (SSSR count). The average Bonchev–Trinajstić information content (AvgIpc) is 2.70. The first-order valence-electron chi connectivity index (χ1n) is 8.22. The zero-order chi connectivity index (χ0) is 19.7. The Morgan fingerprint density at radius 2 is 1.70 bits per heavy atom. The van der Waals surface area contributed by atoms with Gasteiger partial charge < -0.3 is 14.8 Å². The minimum absolute atomic E-state index is 0.0868. The zero-order valence-electron chi connectivity index (χ0n) is 15.0. The van der Waals surface area contributed by atoms with E-state index in [4.69, 9.17) is 9.47 Å². The van der Waals surface area contributed by atoms with Crippen molar-refractivity contribution in [1.29, 1.82) is 0 Å².